The van der Waals surface area contributed by atoms with Crippen molar-refractivity contribution in [2.45, 2.75) is 64.8 Å². The van der Waals surface area contributed by atoms with Crippen molar-refractivity contribution in [3.8, 4) is 5.75 Å². The Hall–Kier alpha value is -2.45. The van der Waals surface area contributed by atoms with Crippen LogP contribution in [0.15, 0.2) is 36.5 Å². The molecule has 1 saturated carbocycles. The van der Waals surface area contributed by atoms with E-state index in [1.165, 1.54) is 6.07 Å². The number of hydrogen-bond acceptors (Lipinski definition) is 6. The van der Waals surface area contributed by atoms with Crippen molar-refractivity contribution in [2.24, 2.45) is 5.92 Å². The Morgan fingerprint density at radius 3 is 2.53 bits per heavy atom. The number of hydrogen-bond donors (Lipinski definition) is 0. The lowest BCUT2D eigenvalue weighted by Crippen LogP contribution is -2.41. The molecule has 1 aromatic heterocycles. The molecule has 32 heavy (non-hydrogen) atoms. The number of carbonyl (C=O) groups excluding carboxylic acids is 1. The van der Waals surface area contributed by atoms with Crippen LogP contribution in [-0.4, -0.2) is 35.9 Å². The molecule has 2 atom stereocenters. The predicted molar refractivity (Wildman–Crippen MR) is 118 cm³/mol. The highest BCUT2D eigenvalue weighted by molar-refractivity contribution is 6.62. The fourth-order valence-electron chi connectivity index (χ4n) is 3.72. The molecule has 1 aromatic carbocycles. The van der Waals surface area contributed by atoms with Gasteiger partial charge in [-0.1, -0.05) is 12.1 Å². The van der Waals surface area contributed by atoms with Gasteiger partial charge in [0.1, 0.15) is 18.2 Å². The van der Waals surface area contributed by atoms with E-state index in [0.29, 0.717) is 17.9 Å². The molecule has 0 unspecified atom stereocenters. The Morgan fingerprint density at radius 2 is 1.91 bits per heavy atom. The van der Waals surface area contributed by atoms with Crippen molar-refractivity contribution in [3.05, 3.63) is 53.6 Å². The third kappa shape index (κ3) is 4.52. The van der Waals surface area contributed by atoms with E-state index in [2.05, 4.69) is 4.98 Å². The van der Waals surface area contributed by atoms with E-state index in [1.54, 1.807) is 31.3 Å². The van der Waals surface area contributed by atoms with Gasteiger partial charge in [-0.05, 0) is 64.7 Å². The number of nitrogens with zero attached hydrogens (tertiary/aromatic N) is 1. The molecule has 170 valence electrons. The lowest BCUT2D eigenvalue weighted by molar-refractivity contribution is -0.144. The number of carbonyl (C=O) groups is 1. The highest BCUT2D eigenvalue weighted by Crippen LogP contribution is 2.47. The summed E-state index contributed by atoms with van der Waals surface area (Å²) in [7, 11) is -0.564. The van der Waals surface area contributed by atoms with Gasteiger partial charge in [-0.2, -0.15) is 0 Å². The van der Waals surface area contributed by atoms with E-state index in [-0.39, 0.29) is 30.2 Å². The minimum absolute atomic E-state index is 0.0507. The third-order valence-electron chi connectivity index (χ3n) is 6.51. The molecule has 1 aliphatic carbocycles. The highest BCUT2D eigenvalue weighted by atomic mass is 19.1. The van der Waals surface area contributed by atoms with Gasteiger partial charge in [-0.15, -0.1) is 0 Å². The van der Waals surface area contributed by atoms with Crippen LogP contribution in [0.4, 0.5) is 4.39 Å². The summed E-state index contributed by atoms with van der Waals surface area (Å²) in [5, 5.41) is 0. The normalized spacial score (nSPS) is 23.1. The lowest BCUT2D eigenvalue weighted by Gasteiger charge is -2.32. The molecule has 8 heteroatoms. The number of aromatic nitrogens is 1. The van der Waals surface area contributed by atoms with Gasteiger partial charge in [0, 0.05) is 17.2 Å². The molecule has 6 nitrogen and oxygen atoms in total. The number of pyridine rings is 1. The highest BCUT2D eigenvalue weighted by Gasteiger charge is 2.51. The van der Waals surface area contributed by atoms with Crippen LogP contribution in [-0.2, 0) is 25.4 Å². The summed E-state index contributed by atoms with van der Waals surface area (Å²) in [4.78, 5) is 16.2. The first-order chi connectivity index (χ1) is 15.1. The Bertz CT molecular complexity index is 978. The first-order valence-electron chi connectivity index (χ1n) is 11.0. The monoisotopic (exact) mass is 441 g/mol. The molecule has 0 amide bonds. The zero-order valence-electron chi connectivity index (χ0n) is 19.2. The minimum Gasteiger partial charge on any atom is -0.487 e. The Kier molecular flexibility index (Phi) is 6.03. The summed E-state index contributed by atoms with van der Waals surface area (Å²) < 4.78 is 37.4. The van der Waals surface area contributed by atoms with E-state index in [0.717, 1.165) is 17.6 Å². The second-order valence-corrected chi connectivity index (χ2v) is 9.35. The molecule has 1 saturated heterocycles. The van der Waals surface area contributed by atoms with Gasteiger partial charge < -0.3 is 18.8 Å². The molecular weight excluding hydrogens is 412 g/mol. The number of ether oxygens (including phenoxy) is 2. The smallest absolute Gasteiger partial charge is 0.487 e. The maximum atomic E-state index is 14.4. The fraction of sp³-hybridized carbons (Fsp3) is 0.500. The Balaban J connectivity index is 1.38. The molecule has 2 heterocycles. The Morgan fingerprint density at radius 1 is 1.19 bits per heavy atom. The van der Waals surface area contributed by atoms with Crippen LogP contribution in [0.5, 0.6) is 5.75 Å². The van der Waals surface area contributed by atoms with Gasteiger partial charge in [-0.25, -0.2) is 4.39 Å². The van der Waals surface area contributed by atoms with Gasteiger partial charge in [0.25, 0.3) is 0 Å². The number of rotatable bonds is 7. The number of halogens is 1. The van der Waals surface area contributed by atoms with Crippen molar-refractivity contribution >= 4 is 18.6 Å². The molecule has 4 rings (SSSR count). The molecule has 2 fully saturated rings. The van der Waals surface area contributed by atoms with E-state index in [4.69, 9.17) is 18.8 Å². The standard InChI is InChI=1S/C24H29BFNO5/c1-6-29-22(28)19-12-18(19)21-10-8-17(13-27-21)30-14-15-11-16(7-9-20(15)26)25-31-23(2,3)24(4,5)32-25/h7-11,13,18-19H,6,12,14H2,1-5H3/t18-,19-/m1/s1. The second-order valence-electron chi connectivity index (χ2n) is 9.35. The first kappa shape index (κ1) is 22.7. The summed E-state index contributed by atoms with van der Waals surface area (Å²) in [6.45, 7) is 10.2. The predicted octanol–water partition coefficient (Wildman–Crippen LogP) is 3.77. The topological polar surface area (TPSA) is 66.9 Å². The second kappa shape index (κ2) is 8.48. The average molecular weight is 441 g/mol. The molecule has 0 N–H and O–H groups in total. The van der Waals surface area contributed by atoms with Gasteiger partial charge in [0.05, 0.1) is 29.9 Å². The molecule has 0 radical (unpaired) electrons. The number of esters is 1. The molecule has 0 spiro atoms. The van der Waals surface area contributed by atoms with Gasteiger partial charge >= 0.3 is 13.1 Å². The molecule has 0 bridgehead atoms. The van der Waals surface area contributed by atoms with Crippen LogP contribution in [0.1, 0.15) is 58.2 Å². The van der Waals surface area contributed by atoms with Crippen LogP contribution >= 0.6 is 0 Å². The van der Waals surface area contributed by atoms with Crippen LogP contribution in [0, 0.1) is 11.7 Å². The zero-order chi connectivity index (χ0) is 23.1. The summed E-state index contributed by atoms with van der Waals surface area (Å²) in [6.07, 6.45) is 2.36. The van der Waals surface area contributed by atoms with E-state index < -0.39 is 18.3 Å². The van der Waals surface area contributed by atoms with Gasteiger partial charge in [-0.3, -0.25) is 9.78 Å². The quantitative estimate of drug-likeness (QED) is 0.482. The summed E-state index contributed by atoms with van der Waals surface area (Å²) in [6, 6.07) is 8.43. The molecule has 1 aliphatic heterocycles. The van der Waals surface area contributed by atoms with E-state index >= 15 is 0 Å². The lowest BCUT2D eigenvalue weighted by atomic mass is 9.78. The van der Waals surface area contributed by atoms with Crippen LogP contribution in [0.2, 0.25) is 0 Å². The first-order valence-corrected chi connectivity index (χ1v) is 11.0. The van der Waals surface area contributed by atoms with Gasteiger partial charge in [0.15, 0.2) is 0 Å². The van der Waals surface area contributed by atoms with Crippen LogP contribution in [0.3, 0.4) is 0 Å². The van der Waals surface area contributed by atoms with Crippen molar-refractivity contribution in [3.63, 3.8) is 0 Å². The average Bonchev–Trinajstić information content (AvgIpc) is 3.50. The largest absolute Gasteiger partial charge is 0.494 e. The van der Waals surface area contributed by atoms with Crippen molar-refractivity contribution < 1.29 is 28.0 Å². The van der Waals surface area contributed by atoms with Crippen molar-refractivity contribution in [1.82, 2.24) is 4.98 Å². The molecular formula is C24H29BFNO5. The van der Waals surface area contributed by atoms with E-state index in [9.17, 15) is 9.18 Å². The zero-order valence-corrected chi connectivity index (χ0v) is 19.2. The maximum Gasteiger partial charge on any atom is 0.494 e. The minimum atomic E-state index is -0.564. The third-order valence-corrected chi connectivity index (χ3v) is 6.51. The summed E-state index contributed by atoms with van der Waals surface area (Å²) in [5.41, 5.74) is 1.06. The van der Waals surface area contributed by atoms with E-state index in [1.807, 2.05) is 33.8 Å². The van der Waals surface area contributed by atoms with Crippen LogP contribution in [0.25, 0.3) is 0 Å². The van der Waals surface area contributed by atoms with Crippen LogP contribution < -0.4 is 10.2 Å². The summed E-state index contributed by atoms with van der Waals surface area (Å²) >= 11 is 0. The fourth-order valence-corrected chi connectivity index (χ4v) is 3.72. The molecule has 2 aromatic rings. The Labute approximate surface area is 188 Å². The molecule has 2 aliphatic rings. The summed E-state index contributed by atoms with van der Waals surface area (Å²) in [5.74, 6) is -0.0113. The maximum absolute atomic E-state index is 14.4. The SMILES string of the molecule is CCOC(=O)[C@@H]1C[C@H]1c1ccc(OCc2cc(B3OC(C)(C)C(C)(C)O3)ccc2F)cn1. The van der Waals surface area contributed by atoms with Crippen molar-refractivity contribution in [2.75, 3.05) is 6.61 Å². The van der Waals surface area contributed by atoms with Gasteiger partial charge in [0.2, 0.25) is 0 Å². The number of benzene rings is 1. The van der Waals surface area contributed by atoms with Crippen molar-refractivity contribution in [1.29, 1.82) is 0 Å².